The summed E-state index contributed by atoms with van der Waals surface area (Å²) in [5.41, 5.74) is 3.08. The molecular weight excluding hydrogens is 542 g/mol. The number of carboxylic acid groups (broad SMARTS) is 1. The minimum Gasteiger partial charge on any atom is -0.478 e. The van der Waals surface area contributed by atoms with Gasteiger partial charge in [-0.1, -0.05) is 57.2 Å². The monoisotopic (exact) mass is 573 g/mol. The normalized spacial score (nSPS) is 15.6. The lowest BCUT2D eigenvalue weighted by Gasteiger charge is -2.33. The summed E-state index contributed by atoms with van der Waals surface area (Å²) in [6.07, 6.45) is 4.48. The lowest BCUT2D eigenvalue weighted by molar-refractivity contribution is -0.131. The predicted octanol–water partition coefficient (Wildman–Crippen LogP) is 6.82. The maximum Gasteiger partial charge on any atom is 0.328 e. The topological polar surface area (TPSA) is 119 Å². The van der Waals surface area contributed by atoms with E-state index in [1.807, 2.05) is 36.4 Å². The van der Waals surface area contributed by atoms with Crippen LogP contribution in [0.25, 0.3) is 0 Å². The number of carbonyl (C=O) groups is 3. The summed E-state index contributed by atoms with van der Waals surface area (Å²) in [6, 6.07) is 18.8. The fraction of sp³-hybridized carbons (Fsp3) is 0.290. The van der Waals surface area contributed by atoms with E-state index in [1.54, 1.807) is 18.2 Å². The van der Waals surface area contributed by atoms with Crippen molar-refractivity contribution >= 4 is 51.6 Å². The molecule has 3 aromatic rings. The van der Waals surface area contributed by atoms with E-state index in [0.717, 1.165) is 47.4 Å². The van der Waals surface area contributed by atoms with Crippen LogP contribution in [0.5, 0.6) is 0 Å². The molecule has 0 radical (unpaired) electrons. The number of aliphatic carboxylic acids is 1. The highest BCUT2D eigenvalue weighted by molar-refractivity contribution is 8.00. The highest BCUT2D eigenvalue weighted by Crippen LogP contribution is 2.45. The molecule has 0 fully saturated rings. The average Bonchev–Trinajstić information content (AvgIpc) is 3.26. The number of nitriles is 1. The van der Waals surface area contributed by atoms with E-state index < -0.39 is 17.1 Å². The SMILES string of the molecule is CC(C)(C)C1CCc2c(sc(NC(=O)C(Sc3cccc(NC(=O)/C=C/C(=O)O)c3)c3ccccc3)c2C#N)C1. The van der Waals surface area contributed by atoms with Gasteiger partial charge in [0.2, 0.25) is 11.8 Å². The second kappa shape index (κ2) is 12.5. The largest absolute Gasteiger partial charge is 0.478 e. The molecule has 0 saturated carbocycles. The second-order valence-corrected chi connectivity index (χ2v) is 13.0. The zero-order valence-corrected chi connectivity index (χ0v) is 24.2. The Morgan fingerprint density at radius 1 is 1.10 bits per heavy atom. The number of fused-ring (bicyclic) bond motifs is 1. The summed E-state index contributed by atoms with van der Waals surface area (Å²) in [5.74, 6) is -1.50. The predicted molar refractivity (Wildman–Crippen MR) is 160 cm³/mol. The molecule has 0 saturated heterocycles. The first-order chi connectivity index (χ1) is 19.0. The molecule has 2 atom stereocenters. The third-order valence-corrected chi connectivity index (χ3v) is 9.33. The number of rotatable bonds is 8. The number of thioether (sulfide) groups is 1. The highest BCUT2D eigenvalue weighted by Gasteiger charge is 2.33. The Balaban J connectivity index is 1.57. The van der Waals surface area contributed by atoms with Gasteiger partial charge >= 0.3 is 5.97 Å². The van der Waals surface area contributed by atoms with Crippen molar-refractivity contribution in [3.63, 3.8) is 0 Å². The third kappa shape index (κ3) is 7.20. The molecule has 40 heavy (non-hydrogen) atoms. The number of anilines is 2. The first-order valence-corrected chi connectivity index (χ1v) is 14.6. The standard InChI is InChI=1S/C31H31N3O4S2/c1-31(2,3)20-12-13-23-24(18-32)30(40-25(23)16-20)34-29(38)28(19-8-5-4-6-9-19)39-22-11-7-10-21(17-22)33-26(35)14-15-27(36)37/h4-11,14-15,17,20,28H,12-13,16H2,1-3H3,(H,33,35)(H,34,38)(H,36,37)/b15-14+. The molecule has 1 aromatic heterocycles. The zero-order valence-electron chi connectivity index (χ0n) is 22.6. The third-order valence-electron chi connectivity index (χ3n) is 6.91. The van der Waals surface area contributed by atoms with Gasteiger partial charge in [-0.05, 0) is 59.9 Å². The number of nitrogens with one attached hydrogen (secondary N) is 2. The van der Waals surface area contributed by atoms with Crippen LogP contribution in [0.3, 0.4) is 0 Å². The molecular formula is C31H31N3O4S2. The van der Waals surface area contributed by atoms with E-state index >= 15 is 0 Å². The van der Waals surface area contributed by atoms with Crippen molar-refractivity contribution in [1.29, 1.82) is 5.26 Å². The quantitative estimate of drug-likeness (QED) is 0.201. The van der Waals surface area contributed by atoms with Crippen molar-refractivity contribution in [2.24, 2.45) is 11.3 Å². The van der Waals surface area contributed by atoms with Gasteiger partial charge in [0.05, 0.1) is 5.56 Å². The van der Waals surface area contributed by atoms with Gasteiger partial charge < -0.3 is 15.7 Å². The molecule has 0 spiro atoms. The minimum atomic E-state index is -1.21. The number of carboxylic acids is 1. The van der Waals surface area contributed by atoms with Crippen molar-refractivity contribution in [2.45, 2.75) is 50.2 Å². The fourth-order valence-corrected chi connectivity index (χ4v) is 7.09. The highest BCUT2D eigenvalue weighted by atomic mass is 32.2. The van der Waals surface area contributed by atoms with Crippen LogP contribution in [-0.2, 0) is 27.2 Å². The molecule has 4 rings (SSSR count). The van der Waals surface area contributed by atoms with Crippen LogP contribution in [0.15, 0.2) is 71.6 Å². The maximum atomic E-state index is 13.8. The second-order valence-electron chi connectivity index (χ2n) is 10.7. The summed E-state index contributed by atoms with van der Waals surface area (Å²) in [6.45, 7) is 6.75. The molecule has 206 valence electrons. The molecule has 9 heteroatoms. The van der Waals surface area contributed by atoms with Gasteiger partial charge in [0.25, 0.3) is 0 Å². The molecule has 1 heterocycles. The number of hydrogen-bond acceptors (Lipinski definition) is 6. The fourth-order valence-electron chi connectivity index (χ4n) is 4.72. The van der Waals surface area contributed by atoms with E-state index in [-0.39, 0.29) is 11.3 Å². The average molecular weight is 574 g/mol. The van der Waals surface area contributed by atoms with E-state index in [2.05, 4.69) is 37.5 Å². The molecule has 2 amide bonds. The number of hydrogen-bond donors (Lipinski definition) is 3. The van der Waals surface area contributed by atoms with Gasteiger partial charge in [-0.25, -0.2) is 4.79 Å². The summed E-state index contributed by atoms with van der Waals surface area (Å²) in [4.78, 5) is 38.4. The Morgan fingerprint density at radius 2 is 1.85 bits per heavy atom. The first-order valence-electron chi connectivity index (χ1n) is 12.9. The van der Waals surface area contributed by atoms with Crippen molar-refractivity contribution in [3.8, 4) is 6.07 Å². The van der Waals surface area contributed by atoms with Crippen LogP contribution in [0.2, 0.25) is 0 Å². The number of amides is 2. The summed E-state index contributed by atoms with van der Waals surface area (Å²) in [7, 11) is 0. The van der Waals surface area contributed by atoms with Gasteiger partial charge in [-0.3, -0.25) is 9.59 Å². The van der Waals surface area contributed by atoms with Gasteiger partial charge in [0.15, 0.2) is 0 Å². The van der Waals surface area contributed by atoms with Gasteiger partial charge in [-0.2, -0.15) is 5.26 Å². The van der Waals surface area contributed by atoms with E-state index in [1.165, 1.54) is 28.0 Å². The Labute approximate surface area is 242 Å². The lowest BCUT2D eigenvalue weighted by Crippen LogP contribution is -2.26. The number of carbonyl (C=O) groups excluding carboxylic acids is 2. The maximum absolute atomic E-state index is 13.8. The van der Waals surface area contributed by atoms with Gasteiger partial charge in [0, 0.05) is 27.6 Å². The van der Waals surface area contributed by atoms with Crippen LogP contribution in [0.4, 0.5) is 10.7 Å². The number of thiophene rings is 1. The summed E-state index contributed by atoms with van der Waals surface area (Å²) >= 11 is 2.84. The molecule has 2 unspecified atom stereocenters. The smallest absolute Gasteiger partial charge is 0.328 e. The van der Waals surface area contributed by atoms with Crippen molar-refractivity contribution in [1.82, 2.24) is 0 Å². The molecule has 0 bridgehead atoms. The van der Waals surface area contributed by atoms with Crippen molar-refractivity contribution < 1.29 is 19.5 Å². The van der Waals surface area contributed by atoms with Crippen molar-refractivity contribution in [2.75, 3.05) is 10.6 Å². The Morgan fingerprint density at radius 3 is 2.52 bits per heavy atom. The Bertz CT molecular complexity index is 1480. The number of nitrogens with zero attached hydrogens (tertiary/aromatic N) is 1. The Kier molecular flexibility index (Phi) is 9.13. The first kappa shape index (κ1) is 29.1. The van der Waals surface area contributed by atoms with Crippen LogP contribution in [0, 0.1) is 22.7 Å². The van der Waals surface area contributed by atoms with Gasteiger partial charge in [-0.15, -0.1) is 23.1 Å². The summed E-state index contributed by atoms with van der Waals surface area (Å²) in [5, 5.41) is 24.4. The molecule has 1 aliphatic carbocycles. The van der Waals surface area contributed by atoms with E-state index in [0.29, 0.717) is 22.2 Å². The van der Waals surface area contributed by atoms with E-state index in [4.69, 9.17) is 5.11 Å². The lowest BCUT2D eigenvalue weighted by atomic mass is 9.72. The minimum absolute atomic E-state index is 0.174. The molecule has 3 N–H and O–H groups in total. The Hall–Kier alpha value is -3.87. The van der Waals surface area contributed by atoms with Gasteiger partial charge in [0.1, 0.15) is 16.3 Å². The van der Waals surface area contributed by atoms with Crippen LogP contribution in [-0.4, -0.2) is 22.9 Å². The molecule has 0 aliphatic heterocycles. The van der Waals surface area contributed by atoms with E-state index in [9.17, 15) is 19.6 Å². The summed E-state index contributed by atoms with van der Waals surface area (Å²) < 4.78 is 0. The number of benzene rings is 2. The van der Waals surface area contributed by atoms with Crippen molar-refractivity contribution in [3.05, 3.63) is 88.3 Å². The molecule has 1 aliphatic rings. The molecule has 7 nitrogen and oxygen atoms in total. The van der Waals surface area contributed by atoms with Crippen LogP contribution < -0.4 is 10.6 Å². The zero-order chi connectivity index (χ0) is 28.9. The van der Waals surface area contributed by atoms with Crippen LogP contribution >= 0.6 is 23.1 Å². The molecule has 2 aromatic carbocycles. The van der Waals surface area contributed by atoms with Crippen LogP contribution in [0.1, 0.15) is 54.0 Å².